The Morgan fingerprint density at radius 2 is 1.89 bits per heavy atom. The Kier molecular flexibility index (Phi) is 7.05. The van der Waals surface area contributed by atoms with Crippen LogP contribution in [-0.2, 0) is 13.1 Å². The summed E-state index contributed by atoms with van der Waals surface area (Å²) in [6, 6.07) is 1.98. The summed E-state index contributed by atoms with van der Waals surface area (Å²) < 4.78 is 46.3. The van der Waals surface area contributed by atoms with Crippen LogP contribution in [0.15, 0.2) is 33.4 Å². The molecule has 4 rings (SSSR count). The minimum atomic E-state index is -1.06. The van der Waals surface area contributed by atoms with Gasteiger partial charge in [-0.15, -0.1) is 10.2 Å². The van der Waals surface area contributed by atoms with Gasteiger partial charge in [0.1, 0.15) is 12.2 Å². The number of hydrogen-bond acceptors (Lipinski definition) is 9. The Labute approximate surface area is 211 Å². The number of benzene rings is 1. The maximum atomic E-state index is 15.4. The van der Waals surface area contributed by atoms with Crippen molar-refractivity contribution in [2.75, 3.05) is 31.1 Å². The Hall–Kier alpha value is -4.55. The molecular weight excluding hydrogens is 488 g/mol. The number of rotatable bonds is 7. The van der Waals surface area contributed by atoms with Gasteiger partial charge in [0, 0.05) is 49.3 Å². The SMILES string of the molecule is CN=CC(=C(C)N)c1cc2c(cn1)CN(c1c(F)c(OC)cc(OC)c1F)C(=O)N2Cc1nnc(C)o1. The van der Waals surface area contributed by atoms with Gasteiger partial charge in [-0.2, -0.15) is 0 Å². The topological polar surface area (TPSA) is 132 Å². The van der Waals surface area contributed by atoms with Gasteiger partial charge in [-0.1, -0.05) is 0 Å². The van der Waals surface area contributed by atoms with Crippen molar-refractivity contribution in [1.29, 1.82) is 0 Å². The Morgan fingerprint density at radius 1 is 1.22 bits per heavy atom. The lowest BCUT2D eigenvalue weighted by Crippen LogP contribution is -2.48. The largest absolute Gasteiger partial charge is 0.493 e. The highest BCUT2D eigenvalue weighted by molar-refractivity contribution is 6.11. The molecular formula is C24H25F2N7O4. The number of urea groups is 1. The van der Waals surface area contributed by atoms with Crippen molar-refractivity contribution >= 4 is 29.2 Å². The second-order valence-electron chi connectivity index (χ2n) is 8.11. The lowest BCUT2D eigenvalue weighted by Gasteiger charge is -2.37. The summed E-state index contributed by atoms with van der Waals surface area (Å²) in [5.41, 5.74) is 7.81. The molecule has 2 amide bonds. The molecule has 0 saturated carbocycles. The van der Waals surface area contributed by atoms with Crippen molar-refractivity contribution in [3.63, 3.8) is 0 Å². The zero-order valence-electron chi connectivity index (χ0n) is 20.9. The van der Waals surface area contributed by atoms with Gasteiger partial charge >= 0.3 is 6.03 Å². The first kappa shape index (κ1) is 25.5. The predicted molar refractivity (Wildman–Crippen MR) is 132 cm³/mol. The van der Waals surface area contributed by atoms with Crippen molar-refractivity contribution < 1.29 is 27.5 Å². The molecule has 2 N–H and O–H groups in total. The van der Waals surface area contributed by atoms with Crippen molar-refractivity contribution in [3.05, 3.63) is 58.7 Å². The van der Waals surface area contributed by atoms with Gasteiger partial charge in [0.25, 0.3) is 0 Å². The molecule has 1 aliphatic heterocycles. The smallest absolute Gasteiger partial charge is 0.329 e. The molecule has 0 atom stereocenters. The minimum absolute atomic E-state index is 0.127. The number of carbonyl (C=O) groups is 1. The first-order valence-electron chi connectivity index (χ1n) is 11.1. The van der Waals surface area contributed by atoms with Crippen LogP contribution < -0.4 is 25.0 Å². The highest BCUT2D eigenvalue weighted by atomic mass is 19.1. The number of carbonyl (C=O) groups excluding carboxylic acids is 1. The average molecular weight is 514 g/mol. The van der Waals surface area contributed by atoms with Crippen LogP contribution in [0.1, 0.15) is 30.0 Å². The van der Waals surface area contributed by atoms with Crippen LogP contribution in [0.2, 0.25) is 0 Å². The van der Waals surface area contributed by atoms with Crippen molar-refractivity contribution in [1.82, 2.24) is 15.2 Å². The molecule has 0 radical (unpaired) electrons. The van der Waals surface area contributed by atoms with E-state index in [-0.39, 0.29) is 30.5 Å². The van der Waals surface area contributed by atoms with E-state index < -0.39 is 23.4 Å². The monoisotopic (exact) mass is 513 g/mol. The van der Waals surface area contributed by atoms with Gasteiger partial charge in [0.05, 0.1) is 32.1 Å². The molecule has 0 fully saturated rings. The van der Waals surface area contributed by atoms with E-state index in [2.05, 4.69) is 20.2 Å². The molecule has 3 aromatic rings. The van der Waals surface area contributed by atoms with E-state index in [1.54, 1.807) is 33.2 Å². The van der Waals surface area contributed by atoms with Crippen molar-refractivity contribution in [2.45, 2.75) is 26.9 Å². The number of nitrogens with zero attached hydrogens (tertiary/aromatic N) is 6. The Morgan fingerprint density at radius 3 is 2.43 bits per heavy atom. The molecule has 3 heterocycles. The number of ether oxygens (including phenoxy) is 2. The average Bonchev–Trinajstić information content (AvgIpc) is 3.29. The molecule has 194 valence electrons. The van der Waals surface area contributed by atoms with E-state index in [4.69, 9.17) is 19.6 Å². The number of nitrogens with two attached hydrogens (primary N) is 1. The molecule has 0 bridgehead atoms. The van der Waals surface area contributed by atoms with Crippen LogP contribution in [0.25, 0.3) is 5.57 Å². The van der Waals surface area contributed by atoms with Crippen molar-refractivity contribution in [2.24, 2.45) is 10.7 Å². The fourth-order valence-corrected chi connectivity index (χ4v) is 3.95. The number of allylic oxidation sites excluding steroid dienone is 2. The molecule has 37 heavy (non-hydrogen) atoms. The van der Waals surface area contributed by atoms with Gasteiger partial charge in [-0.25, -0.2) is 13.6 Å². The molecule has 1 aromatic carbocycles. The lowest BCUT2D eigenvalue weighted by atomic mass is 10.1. The highest BCUT2D eigenvalue weighted by Crippen LogP contribution is 2.41. The van der Waals surface area contributed by atoms with Gasteiger partial charge in [0.15, 0.2) is 23.1 Å². The fraction of sp³-hybridized carbons (Fsp3) is 0.292. The number of halogens is 2. The van der Waals surface area contributed by atoms with Gasteiger partial charge in [0.2, 0.25) is 11.8 Å². The molecule has 0 saturated heterocycles. The minimum Gasteiger partial charge on any atom is -0.493 e. The number of aromatic nitrogens is 3. The Bertz CT molecular complexity index is 1390. The molecule has 0 unspecified atom stereocenters. The van der Waals surface area contributed by atoms with Crippen LogP contribution in [0.5, 0.6) is 11.5 Å². The fourth-order valence-electron chi connectivity index (χ4n) is 3.95. The highest BCUT2D eigenvalue weighted by Gasteiger charge is 2.37. The summed E-state index contributed by atoms with van der Waals surface area (Å²) in [4.78, 5) is 24.5. The second kappa shape index (κ2) is 10.2. The van der Waals surface area contributed by atoms with Crippen molar-refractivity contribution in [3.8, 4) is 11.5 Å². The lowest BCUT2D eigenvalue weighted by molar-refractivity contribution is 0.248. The van der Waals surface area contributed by atoms with Crippen LogP contribution >= 0.6 is 0 Å². The number of methoxy groups -OCH3 is 2. The summed E-state index contributed by atoms with van der Waals surface area (Å²) >= 11 is 0. The van der Waals surface area contributed by atoms with E-state index >= 15 is 8.78 Å². The number of aliphatic imine (C=N–C) groups is 1. The standard InChI is InChI=1S/C24H25F2N7O4/c1-12(27)15(9-28-3)16-6-17-14(8-29-16)10-33(24(34)32(17)11-20-31-30-13(2)37-20)23-21(25)18(35-4)7-19(36-5)22(23)26/h6-9H,10-11,27H2,1-5H3. The molecule has 11 nitrogen and oxygen atoms in total. The van der Waals surface area contributed by atoms with Crippen LogP contribution in [0.3, 0.4) is 0 Å². The summed E-state index contributed by atoms with van der Waals surface area (Å²) in [5.74, 6) is -2.26. The van der Waals surface area contributed by atoms with E-state index in [1.165, 1.54) is 25.3 Å². The first-order valence-corrected chi connectivity index (χ1v) is 11.1. The molecule has 1 aliphatic rings. The number of anilines is 2. The number of pyridine rings is 1. The zero-order chi connectivity index (χ0) is 26.9. The number of fused-ring (bicyclic) bond motifs is 1. The molecule has 2 aromatic heterocycles. The first-order chi connectivity index (χ1) is 17.7. The number of hydrogen-bond donors (Lipinski definition) is 1. The zero-order valence-corrected chi connectivity index (χ0v) is 20.9. The maximum absolute atomic E-state index is 15.4. The normalized spacial score (nSPS) is 14.2. The van der Waals surface area contributed by atoms with E-state index in [0.29, 0.717) is 34.1 Å². The van der Waals surface area contributed by atoms with Crippen LogP contribution in [0, 0.1) is 18.6 Å². The van der Waals surface area contributed by atoms with Crippen LogP contribution in [-0.4, -0.2) is 48.7 Å². The third-order valence-electron chi connectivity index (χ3n) is 5.68. The third kappa shape index (κ3) is 4.67. The molecule has 13 heteroatoms. The summed E-state index contributed by atoms with van der Waals surface area (Å²) in [7, 11) is 4.05. The Balaban J connectivity index is 1.90. The summed E-state index contributed by atoms with van der Waals surface area (Å²) in [6.45, 7) is 2.95. The maximum Gasteiger partial charge on any atom is 0.329 e. The summed E-state index contributed by atoms with van der Waals surface area (Å²) in [5, 5.41) is 7.77. The third-order valence-corrected chi connectivity index (χ3v) is 5.68. The van der Waals surface area contributed by atoms with Gasteiger partial charge in [-0.3, -0.25) is 19.8 Å². The van der Waals surface area contributed by atoms with E-state index in [0.717, 1.165) is 11.0 Å². The van der Waals surface area contributed by atoms with Crippen LogP contribution in [0.4, 0.5) is 25.0 Å². The van der Waals surface area contributed by atoms with Gasteiger partial charge < -0.3 is 19.6 Å². The summed E-state index contributed by atoms with van der Waals surface area (Å²) in [6.07, 6.45) is 3.07. The number of amides is 2. The van der Waals surface area contributed by atoms with E-state index in [9.17, 15) is 4.79 Å². The molecule has 0 aliphatic carbocycles. The van der Waals surface area contributed by atoms with Gasteiger partial charge in [-0.05, 0) is 13.0 Å². The van der Waals surface area contributed by atoms with E-state index in [1.807, 2.05) is 0 Å². The second-order valence-corrected chi connectivity index (χ2v) is 8.11. The number of aryl methyl sites for hydroxylation is 1. The molecule has 0 spiro atoms. The quantitative estimate of drug-likeness (QED) is 0.474. The predicted octanol–water partition coefficient (Wildman–Crippen LogP) is 3.61.